The van der Waals surface area contributed by atoms with Crippen LogP contribution in [0.3, 0.4) is 0 Å². The molecule has 1 N–H and O–H groups in total. The molecule has 5 rings (SSSR count). The van der Waals surface area contributed by atoms with Crippen molar-refractivity contribution < 1.29 is 19.1 Å². The summed E-state index contributed by atoms with van der Waals surface area (Å²) < 4.78 is 10.8. The van der Waals surface area contributed by atoms with Crippen LogP contribution in [0.25, 0.3) is 0 Å². The number of ketones is 1. The summed E-state index contributed by atoms with van der Waals surface area (Å²) in [4.78, 5) is 25.6. The molecule has 0 saturated carbocycles. The van der Waals surface area contributed by atoms with E-state index in [1.54, 1.807) is 0 Å². The Kier molecular flexibility index (Phi) is 4.13. The van der Waals surface area contributed by atoms with Gasteiger partial charge < -0.3 is 14.8 Å². The Morgan fingerprint density at radius 1 is 0.964 bits per heavy atom. The molecule has 0 spiro atoms. The highest BCUT2D eigenvalue weighted by Crippen LogP contribution is 2.45. The van der Waals surface area contributed by atoms with Gasteiger partial charge in [0.15, 0.2) is 17.3 Å². The molecule has 6 heteroatoms. The van der Waals surface area contributed by atoms with Crippen molar-refractivity contribution >= 4 is 23.3 Å². The molecule has 2 aromatic rings. The van der Waals surface area contributed by atoms with Crippen LogP contribution in [0.2, 0.25) is 5.02 Å². The summed E-state index contributed by atoms with van der Waals surface area (Å²) in [6.45, 7) is 0.191. The van der Waals surface area contributed by atoms with Gasteiger partial charge in [0.05, 0.1) is 0 Å². The number of benzene rings is 2. The van der Waals surface area contributed by atoms with Crippen LogP contribution in [0.5, 0.6) is 11.5 Å². The molecule has 142 valence electrons. The molecule has 0 saturated heterocycles. The number of nitrogens with one attached hydrogen (secondary N) is 1. The standard InChI is InChI=1S/C22H18ClNO4/c23-16-4-2-1-3-14(16)13-7-17-22(18(25)8-13)15(10-21(26)24-17)12-5-6-19-20(9-12)28-11-27-19/h1-6,9,13,15H,7-8,10-11H2,(H,24,26)/t13-,15+/m0/s1. The predicted octanol–water partition coefficient (Wildman–Crippen LogP) is 4.07. The minimum Gasteiger partial charge on any atom is -0.454 e. The van der Waals surface area contributed by atoms with Gasteiger partial charge in [-0.05, 0) is 41.7 Å². The quantitative estimate of drug-likeness (QED) is 0.832. The number of rotatable bonds is 2. The Morgan fingerprint density at radius 3 is 2.64 bits per heavy atom. The molecule has 0 bridgehead atoms. The molecule has 0 radical (unpaired) electrons. The zero-order chi connectivity index (χ0) is 19.3. The molecule has 0 aromatic heterocycles. The Hall–Kier alpha value is -2.79. The van der Waals surface area contributed by atoms with Crippen molar-refractivity contribution in [2.24, 2.45) is 0 Å². The predicted molar refractivity (Wildman–Crippen MR) is 104 cm³/mol. The summed E-state index contributed by atoms with van der Waals surface area (Å²) >= 11 is 6.35. The maximum Gasteiger partial charge on any atom is 0.231 e. The number of hydrogen-bond acceptors (Lipinski definition) is 4. The van der Waals surface area contributed by atoms with Gasteiger partial charge >= 0.3 is 0 Å². The first-order valence-electron chi connectivity index (χ1n) is 9.30. The highest BCUT2D eigenvalue weighted by Gasteiger charge is 2.39. The van der Waals surface area contributed by atoms with Gasteiger partial charge in [0.2, 0.25) is 12.7 Å². The van der Waals surface area contributed by atoms with E-state index in [2.05, 4.69) is 5.32 Å². The van der Waals surface area contributed by atoms with E-state index in [1.807, 2.05) is 42.5 Å². The number of allylic oxidation sites excluding steroid dienone is 2. The SMILES string of the molecule is O=C1C[C@H](c2ccc3c(c2)OCO3)C2=C(C[C@H](c3ccccc3Cl)CC2=O)N1. The van der Waals surface area contributed by atoms with Crippen molar-refractivity contribution in [2.75, 3.05) is 6.79 Å². The molecule has 0 fully saturated rings. The van der Waals surface area contributed by atoms with Crippen LogP contribution < -0.4 is 14.8 Å². The molecular formula is C22H18ClNO4. The number of hydrogen-bond donors (Lipinski definition) is 1. The molecule has 5 nitrogen and oxygen atoms in total. The van der Waals surface area contributed by atoms with Crippen LogP contribution in [0.1, 0.15) is 42.2 Å². The number of amides is 1. The van der Waals surface area contributed by atoms with E-state index < -0.39 is 0 Å². The van der Waals surface area contributed by atoms with Crippen molar-refractivity contribution in [2.45, 2.75) is 31.1 Å². The molecule has 2 heterocycles. The molecule has 2 atom stereocenters. The van der Waals surface area contributed by atoms with Crippen LogP contribution in [0.15, 0.2) is 53.7 Å². The lowest BCUT2D eigenvalue weighted by Crippen LogP contribution is -2.38. The first kappa shape index (κ1) is 17.3. The van der Waals surface area contributed by atoms with E-state index >= 15 is 0 Å². The molecular weight excluding hydrogens is 378 g/mol. The fraction of sp³-hybridized carbons (Fsp3) is 0.273. The highest BCUT2D eigenvalue weighted by molar-refractivity contribution is 6.31. The molecule has 2 aliphatic heterocycles. The second-order valence-corrected chi connectivity index (χ2v) is 7.77. The van der Waals surface area contributed by atoms with Crippen molar-refractivity contribution in [1.82, 2.24) is 5.32 Å². The van der Waals surface area contributed by atoms with Gasteiger partial charge in [0, 0.05) is 35.1 Å². The van der Waals surface area contributed by atoms with Crippen LogP contribution >= 0.6 is 11.6 Å². The third kappa shape index (κ3) is 2.87. The van der Waals surface area contributed by atoms with Gasteiger partial charge in [-0.15, -0.1) is 0 Å². The molecule has 28 heavy (non-hydrogen) atoms. The summed E-state index contributed by atoms with van der Waals surface area (Å²) in [7, 11) is 0. The molecule has 3 aliphatic rings. The Morgan fingerprint density at radius 2 is 1.79 bits per heavy atom. The van der Waals surface area contributed by atoms with Gasteiger partial charge in [0.1, 0.15) is 0 Å². The monoisotopic (exact) mass is 395 g/mol. The summed E-state index contributed by atoms with van der Waals surface area (Å²) in [5, 5.41) is 3.59. The fourth-order valence-corrected chi connectivity index (χ4v) is 4.69. The van der Waals surface area contributed by atoms with Crippen molar-refractivity contribution in [3.05, 3.63) is 69.9 Å². The zero-order valence-corrected chi connectivity index (χ0v) is 15.8. The lowest BCUT2D eigenvalue weighted by molar-refractivity contribution is -0.122. The lowest BCUT2D eigenvalue weighted by atomic mass is 9.73. The number of carbonyl (C=O) groups excluding carboxylic acids is 2. The van der Waals surface area contributed by atoms with Crippen molar-refractivity contribution in [3.63, 3.8) is 0 Å². The van der Waals surface area contributed by atoms with Gasteiger partial charge in [-0.2, -0.15) is 0 Å². The first-order valence-corrected chi connectivity index (χ1v) is 9.68. The van der Waals surface area contributed by atoms with E-state index in [1.165, 1.54) is 0 Å². The fourth-order valence-electron chi connectivity index (χ4n) is 4.40. The number of fused-ring (bicyclic) bond motifs is 1. The number of carbonyl (C=O) groups is 2. The van der Waals surface area contributed by atoms with Gasteiger partial charge in [-0.3, -0.25) is 9.59 Å². The zero-order valence-electron chi connectivity index (χ0n) is 15.0. The molecule has 2 aromatic carbocycles. The van der Waals surface area contributed by atoms with Crippen LogP contribution in [-0.2, 0) is 9.59 Å². The smallest absolute Gasteiger partial charge is 0.231 e. The van der Waals surface area contributed by atoms with Crippen molar-refractivity contribution in [3.8, 4) is 11.5 Å². The second kappa shape index (κ2) is 6.67. The van der Waals surface area contributed by atoms with Gasteiger partial charge in [0.25, 0.3) is 0 Å². The van der Waals surface area contributed by atoms with Gasteiger partial charge in [-0.25, -0.2) is 0 Å². The third-order valence-electron chi connectivity index (χ3n) is 5.68. The maximum atomic E-state index is 13.1. The van der Waals surface area contributed by atoms with Crippen LogP contribution in [0.4, 0.5) is 0 Å². The van der Waals surface area contributed by atoms with E-state index in [4.69, 9.17) is 21.1 Å². The first-order chi connectivity index (χ1) is 13.6. The summed E-state index contributed by atoms with van der Waals surface area (Å²) in [5.41, 5.74) is 3.28. The minimum absolute atomic E-state index is 0.0317. The Bertz CT molecular complexity index is 1030. The van der Waals surface area contributed by atoms with Gasteiger partial charge in [-0.1, -0.05) is 35.9 Å². The third-order valence-corrected chi connectivity index (χ3v) is 6.02. The van der Waals surface area contributed by atoms with Crippen LogP contribution in [-0.4, -0.2) is 18.5 Å². The van der Waals surface area contributed by atoms with E-state index in [9.17, 15) is 9.59 Å². The second-order valence-electron chi connectivity index (χ2n) is 7.36. The summed E-state index contributed by atoms with van der Waals surface area (Å²) in [6, 6.07) is 13.2. The number of Topliss-reactive ketones (excluding diaryl/α,β-unsaturated/α-hetero) is 1. The average molecular weight is 396 g/mol. The normalized spacial score (nSPS) is 23.5. The van der Waals surface area contributed by atoms with Crippen molar-refractivity contribution in [1.29, 1.82) is 0 Å². The van der Waals surface area contributed by atoms with E-state index in [0.717, 1.165) is 16.8 Å². The van der Waals surface area contributed by atoms with E-state index in [-0.39, 0.29) is 36.7 Å². The average Bonchev–Trinajstić information content (AvgIpc) is 3.15. The molecule has 0 unspecified atom stereocenters. The lowest BCUT2D eigenvalue weighted by Gasteiger charge is -2.34. The Balaban J connectivity index is 1.53. The Labute approximate surface area is 167 Å². The largest absolute Gasteiger partial charge is 0.454 e. The number of ether oxygens (including phenoxy) is 2. The maximum absolute atomic E-state index is 13.1. The molecule has 1 amide bonds. The number of halogens is 1. The highest BCUT2D eigenvalue weighted by atomic mass is 35.5. The molecule has 1 aliphatic carbocycles. The minimum atomic E-state index is -0.266. The topological polar surface area (TPSA) is 64.6 Å². The van der Waals surface area contributed by atoms with E-state index in [0.29, 0.717) is 34.9 Å². The van der Waals surface area contributed by atoms with Crippen LogP contribution in [0, 0.1) is 0 Å². The summed E-state index contributed by atoms with van der Waals surface area (Å²) in [5.74, 6) is 1.03. The summed E-state index contributed by atoms with van der Waals surface area (Å²) in [6.07, 6.45) is 1.23.